The normalized spacial score (nSPS) is 11.0. The fourth-order valence-corrected chi connectivity index (χ4v) is 2.15. The second-order valence-corrected chi connectivity index (χ2v) is 4.35. The van der Waals surface area contributed by atoms with E-state index < -0.39 is 0 Å². The lowest BCUT2D eigenvalue weighted by Gasteiger charge is -2.07. The number of aromatic nitrogens is 4. The lowest BCUT2D eigenvalue weighted by molar-refractivity contribution is 0.467. The van der Waals surface area contributed by atoms with E-state index in [1.807, 2.05) is 59.0 Å². The number of nitrogens with zero attached hydrogens (tertiary/aromatic N) is 4. The molecule has 0 N–H and O–H groups in total. The molecule has 0 fully saturated rings. The molecular formula is C15H10N4O. The summed E-state index contributed by atoms with van der Waals surface area (Å²) < 4.78 is 7.70. The minimum absolute atomic E-state index is 0.451. The fourth-order valence-electron chi connectivity index (χ4n) is 2.15. The van der Waals surface area contributed by atoms with Gasteiger partial charge in [-0.2, -0.15) is 0 Å². The Balaban J connectivity index is 1.95. The average molecular weight is 262 g/mol. The Bertz CT molecular complexity index is 886. The summed E-state index contributed by atoms with van der Waals surface area (Å²) in [5.41, 5.74) is 2.39. The van der Waals surface area contributed by atoms with Crippen LogP contribution in [0, 0.1) is 0 Å². The van der Waals surface area contributed by atoms with Crippen molar-refractivity contribution in [3.63, 3.8) is 0 Å². The molecule has 0 saturated heterocycles. The molecule has 4 aromatic rings. The zero-order valence-electron chi connectivity index (χ0n) is 10.5. The molecule has 0 aliphatic carbocycles. The van der Waals surface area contributed by atoms with E-state index in [0.717, 1.165) is 16.8 Å². The summed E-state index contributed by atoms with van der Waals surface area (Å²) in [5, 5.41) is 8.04. The highest BCUT2D eigenvalue weighted by Gasteiger charge is 2.11. The van der Waals surface area contributed by atoms with Gasteiger partial charge in [0.15, 0.2) is 0 Å². The predicted molar refractivity (Wildman–Crippen MR) is 74.8 cm³/mol. The minimum atomic E-state index is 0.451. The van der Waals surface area contributed by atoms with Crippen LogP contribution < -0.4 is 4.74 Å². The van der Waals surface area contributed by atoms with Gasteiger partial charge < -0.3 is 4.74 Å². The number of hydrogen-bond acceptors (Lipinski definition) is 4. The van der Waals surface area contributed by atoms with E-state index in [2.05, 4.69) is 15.2 Å². The van der Waals surface area contributed by atoms with Gasteiger partial charge in [-0.15, -0.1) is 10.2 Å². The maximum absolute atomic E-state index is 5.82. The number of rotatable bonds is 2. The van der Waals surface area contributed by atoms with Gasteiger partial charge in [0.05, 0.1) is 11.0 Å². The van der Waals surface area contributed by atoms with Crippen LogP contribution in [0.1, 0.15) is 0 Å². The quantitative estimate of drug-likeness (QED) is 0.557. The van der Waals surface area contributed by atoms with Crippen molar-refractivity contribution >= 4 is 16.7 Å². The number of benzene rings is 2. The molecule has 5 nitrogen and oxygen atoms in total. The zero-order valence-corrected chi connectivity index (χ0v) is 10.5. The summed E-state index contributed by atoms with van der Waals surface area (Å²) in [4.78, 5) is 4.53. The van der Waals surface area contributed by atoms with Gasteiger partial charge in [-0.1, -0.05) is 30.3 Å². The van der Waals surface area contributed by atoms with Crippen LogP contribution in [0.5, 0.6) is 11.6 Å². The molecule has 0 aliphatic heterocycles. The van der Waals surface area contributed by atoms with Gasteiger partial charge in [0.1, 0.15) is 12.1 Å². The summed E-state index contributed by atoms with van der Waals surface area (Å²) in [6, 6.07) is 17.3. The highest BCUT2D eigenvalue weighted by Crippen LogP contribution is 2.25. The van der Waals surface area contributed by atoms with Crippen LogP contribution in [-0.4, -0.2) is 19.6 Å². The second-order valence-electron chi connectivity index (χ2n) is 4.35. The molecule has 0 radical (unpaired) electrons. The van der Waals surface area contributed by atoms with Crippen LogP contribution in [0.15, 0.2) is 60.9 Å². The van der Waals surface area contributed by atoms with E-state index in [1.54, 1.807) is 6.33 Å². The lowest BCUT2D eigenvalue weighted by atomic mass is 10.3. The summed E-state index contributed by atoms with van der Waals surface area (Å²) in [5.74, 6) is 1.17. The molecule has 0 aliphatic rings. The molecule has 0 bridgehead atoms. The molecule has 0 amide bonds. The second kappa shape index (κ2) is 4.31. The average Bonchev–Trinajstić information content (AvgIpc) is 2.98. The largest absolute Gasteiger partial charge is 0.436 e. The van der Waals surface area contributed by atoms with Crippen LogP contribution in [0.3, 0.4) is 0 Å². The van der Waals surface area contributed by atoms with Crippen molar-refractivity contribution in [2.45, 2.75) is 0 Å². The Morgan fingerprint density at radius 3 is 2.60 bits per heavy atom. The Hall–Kier alpha value is -2.95. The molecule has 20 heavy (non-hydrogen) atoms. The van der Waals surface area contributed by atoms with Gasteiger partial charge in [-0.05, 0) is 24.3 Å². The Labute approximate surface area is 114 Å². The molecule has 2 heterocycles. The molecule has 2 aromatic heterocycles. The zero-order chi connectivity index (χ0) is 13.4. The number of fused-ring (bicyclic) bond motifs is 3. The van der Waals surface area contributed by atoms with Gasteiger partial charge >= 0.3 is 0 Å². The molecule has 0 unspecified atom stereocenters. The van der Waals surface area contributed by atoms with Crippen molar-refractivity contribution < 1.29 is 4.74 Å². The summed E-state index contributed by atoms with van der Waals surface area (Å²) >= 11 is 0. The van der Waals surface area contributed by atoms with E-state index >= 15 is 0 Å². The van der Waals surface area contributed by atoms with Crippen LogP contribution in [0.25, 0.3) is 16.7 Å². The highest BCUT2D eigenvalue weighted by molar-refractivity contribution is 5.79. The van der Waals surface area contributed by atoms with Gasteiger partial charge in [0.25, 0.3) is 5.88 Å². The number of hydrogen-bond donors (Lipinski definition) is 0. The molecule has 0 saturated carbocycles. The Kier molecular flexibility index (Phi) is 2.35. The topological polar surface area (TPSA) is 52.3 Å². The maximum Gasteiger partial charge on any atom is 0.266 e. The molecule has 4 rings (SSSR count). The lowest BCUT2D eigenvalue weighted by Crippen LogP contribution is -1.96. The van der Waals surface area contributed by atoms with E-state index in [1.165, 1.54) is 0 Å². The first kappa shape index (κ1) is 10.9. The first-order chi connectivity index (χ1) is 9.92. The van der Waals surface area contributed by atoms with Crippen molar-refractivity contribution in [2.75, 3.05) is 0 Å². The summed E-state index contributed by atoms with van der Waals surface area (Å²) in [6.45, 7) is 0. The standard InChI is InChI=1S/C15H10N4O/c1-2-6-11(7-3-1)20-15-14-18-16-10-19(14)13-9-5-4-8-12(13)17-15/h1-10H. The first-order valence-electron chi connectivity index (χ1n) is 6.23. The van der Waals surface area contributed by atoms with Crippen molar-refractivity contribution in [1.82, 2.24) is 19.6 Å². The minimum Gasteiger partial charge on any atom is -0.436 e. The molecule has 0 atom stereocenters. The third-order valence-corrected chi connectivity index (χ3v) is 3.06. The SMILES string of the molecule is c1ccc(Oc2nc3ccccc3n3cnnc23)cc1. The van der Waals surface area contributed by atoms with Gasteiger partial charge in [0.2, 0.25) is 5.65 Å². The van der Waals surface area contributed by atoms with Crippen LogP contribution in [-0.2, 0) is 0 Å². The van der Waals surface area contributed by atoms with Crippen molar-refractivity contribution in [1.29, 1.82) is 0 Å². The van der Waals surface area contributed by atoms with E-state index in [4.69, 9.17) is 4.74 Å². The monoisotopic (exact) mass is 262 g/mol. The van der Waals surface area contributed by atoms with E-state index in [-0.39, 0.29) is 0 Å². The molecule has 5 heteroatoms. The van der Waals surface area contributed by atoms with Crippen molar-refractivity contribution in [2.24, 2.45) is 0 Å². The van der Waals surface area contributed by atoms with Crippen LogP contribution >= 0.6 is 0 Å². The first-order valence-corrected chi connectivity index (χ1v) is 6.23. The van der Waals surface area contributed by atoms with Crippen LogP contribution in [0.4, 0.5) is 0 Å². The predicted octanol–water partition coefficient (Wildman–Crippen LogP) is 3.07. The Morgan fingerprint density at radius 2 is 1.70 bits per heavy atom. The van der Waals surface area contributed by atoms with Crippen LogP contribution in [0.2, 0.25) is 0 Å². The van der Waals surface area contributed by atoms with Crippen molar-refractivity contribution in [3.05, 3.63) is 60.9 Å². The van der Waals surface area contributed by atoms with E-state index in [0.29, 0.717) is 11.5 Å². The molecule has 2 aromatic carbocycles. The van der Waals surface area contributed by atoms with Gasteiger partial charge in [0, 0.05) is 0 Å². The smallest absolute Gasteiger partial charge is 0.266 e. The van der Waals surface area contributed by atoms with E-state index in [9.17, 15) is 0 Å². The third-order valence-electron chi connectivity index (χ3n) is 3.06. The molecular weight excluding hydrogens is 252 g/mol. The number of ether oxygens (including phenoxy) is 1. The fraction of sp³-hybridized carbons (Fsp3) is 0. The highest BCUT2D eigenvalue weighted by atomic mass is 16.5. The Morgan fingerprint density at radius 1 is 0.900 bits per heavy atom. The molecule has 0 spiro atoms. The summed E-state index contributed by atoms with van der Waals surface area (Å²) in [7, 11) is 0. The molecule has 96 valence electrons. The maximum atomic E-state index is 5.82. The third kappa shape index (κ3) is 1.68. The van der Waals surface area contributed by atoms with Crippen molar-refractivity contribution in [3.8, 4) is 11.6 Å². The summed E-state index contributed by atoms with van der Waals surface area (Å²) in [6.07, 6.45) is 1.66. The van der Waals surface area contributed by atoms with Gasteiger partial charge in [-0.25, -0.2) is 4.98 Å². The number of para-hydroxylation sites is 3. The van der Waals surface area contributed by atoms with Gasteiger partial charge in [-0.3, -0.25) is 4.40 Å².